The van der Waals surface area contributed by atoms with Crippen molar-refractivity contribution in [1.82, 2.24) is 10.6 Å². The fourth-order valence-electron chi connectivity index (χ4n) is 1.38. The standard InChI is InChI=1S/C13H22N2OS/c1-4-13(2,3)15-12(16)10-14-8-7-11-6-5-9-17-11/h5-6,9,14H,4,7-8,10H2,1-3H3,(H,15,16). The van der Waals surface area contributed by atoms with Crippen LogP contribution in [0.4, 0.5) is 0 Å². The summed E-state index contributed by atoms with van der Waals surface area (Å²) in [5.74, 6) is 0.0722. The number of carbonyl (C=O) groups excluding carboxylic acids is 1. The Balaban J connectivity index is 2.12. The Labute approximate surface area is 108 Å². The molecular formula is C13H22N2OS. The van der Waals surface area contributed by atoms with Crippen molar-refractivity contribution < 1.29 is 4.79 Å². The van der Waals surface area contributed by atoms with Crippen molar-refractivity contribution in [2.24, 2.45) is 0 Å². The first-order chi connectivity index (χ1) is 8.03. The summed E-state index contributed by atoms with van der Waals surface area (Å²) in [5.41, 5.74) is -0.105. The van der Waals surface area contributed by atoms with Crippen molar-refractivity contribution in [3.8, 4) is 0 Å². The third-order valence-electron chi connectivity index (χ3n) is 2.78. The fraction of sp³-hybridized carbons (Fsp3) is 0.615. The van der Waals surface area contributed by atoms with E-state index in [2.05, 4.69) is 35.1 Å². The number of nitrogens with one attached hydrogen (secondary N) is 2. The summed E-state index contributed by atoms with van der Waals surface area (Å²) in [7, 11) is 0. The van der Waals surface area contributed by atoms with E-state index in [1.54, 1.807) is 11.3 Å². The van der Waals surface area contributed by atoms with E-state index in [0.717, 1.165) is 19.4 Å². The molecule has 0 atom stereocenters. The summed E-state index contributed by atoms with van der Waals surface area (Å²) in [6, 6.07) is 4.17. The Hall–Kier alpha value is -0.870. The zero-order valence-electron chi connectivity index (χ0n) is 10.9. The van der Waals surface area contributed by atoms with Crippen LogP contribution in [0.15, 0.2) is 17.5 Å². The zero-order chi connectivity index (χ0) is 12.7. The van der Waals surface area contributed by atoms with E-state index in [4.69, 9.17) is 0 Å². The van der Waals surface area contributed by atoms with E-state index < -0.39 is 0 Å². The molecule has 0 radical (unpaired) electrons. The summed E-state index contributed by atoms with van der Waals surface area (Å²) in [5, 5.41) is 8.24. The van der Waals surface area contributed by atoms with Gasteiger partial charge in [-0.15, -0.1) is 11.3 Å². The number of rotatable bonds is 7. The smallest absolute Gasteiger partial charge is 0.234 e. The van der Waals surface area contributed by atoms with Crippen LogP contribution in [0.1, 0.15) is 32.1 Å². The van der Waals surface area contributed by atoms with Crippen LogP contribution in [0.25, 0.3) is 0 Å². The first-order valence-corrected chi connectivity index (χ1v) is 6.95. The van der Waals surface area contributed by atoms with Crippen molar-refractivity contribution in [3.05, 3.63) is 22.4 Å². The SMILES string of the molecule is CCC(C)(C)NC(=O)CNCCc1cccs1. The molecule has 1 amide bonds. The molecule has 0 aliphatic rings. The number of thiophene rings is 1. The van der Waals surface area contributed by atoms with Crippen LogP contribution in [0.2, 0.25) is 0 Å². The molecule has 0 aromatic carbocycles. The molecule has 96 valence electrons. The Bertz CT molecular complexity index is 333. The second kappa shape index (κ2) is 6.77. The second-order valence-corrected chi connectivity index (χ2v) is 5.82. The molecule has 0 unspecified atom stereocenters. The van der Waals surface area contributed by atoms with Crippen LogP contribution in [-0.4, -0.2) is 24.5 Å². The Kier molecular flexibility index (Phi) is 5.65. The van der Waals surface area contributed by atoms with Crippen LogP contribution in [0, 0.1) is 0 Å². The summed E-state index contributed by atoms with van der Waals surface area (Å²) in [6.07, 6.45) is 1.93. The molecule has 3 nitrogen and oxygen atoms in total. The second-order valence-electron chi connectivity index (χ2n) is 4.79. The van der Waals surface area contributed by atoms with Crippen LogP contribution in [0.3, 0.4) is 0 Å². The highest BCUT2D eigenvalue weighted by molar-refractivity contribution is 7.09. The highest BCUT2D eigenvalue weighted by Crippen LogP contribution is 2.08. The first kappa shape index (κ1) is 14.2. The molecule has 0 aliphatic heterocycles. The summed E-state index contributed by atoms with van der Waals surface area (Å²) in [6.45, 7) is 7.40. The molecule has 1 aromatic rings. The molecule has 0 saturated carbocycles. The van der Waals surface area contributed by atoms with Gasteiger partial charge in [-0.05, 0) is 38.1 Å². The van der Waals surface area contributed by atoms with Gasteiger partial charge < -0.3 is 10.6 Å². The molecule has 0 spiro atoms. The Morgan fingerprint density at radius 1 is 1.47 bits per heavy atom. The van der Waals surface area contributed by atoms with E-state index in [9.17, 15) is 4.79 Å². The third-order valence-corrected chi connectivity index (χ3v) is 3.71. The summed E-state index contributed by atoms with van der Waals surface area (Å²) < 4.78 is 0. The molecule has 17 heavy (non-hydrogen) atoms. The minimum Gasteiger partial charge on any atom is -0.350 e. The topological polar surface area (TPSA) is 41.1 Å². The molecule has 0 fully saturated rings. The van der Waals surface area contributed by atoms with Gasteiger partial charge in [0, 0.05) is 17.0 Å². The van der Waals surface area contributed by atoms with E-state index in [-0.39, 0.29) is 11.4 Å². The van der Waals surface area contributed by atoms with Crippen LogP contribution in [0.5, 0.6) is 0 Å². The van der Waals surface area contributed by atoms with Gasteiger partial charge in [0.15, 0.2) is 0 Å². The lowest BCUT2D eigenvalue weighted by molar-refractivity contribution is -0.121. The molecule has 1 aromatic heterocycles. The van der Waals surface area contributed by atoms with Crippen molar-refractivity contribution in [3.63, 3.8) is 0 Å². The number of hydrogen-bond acceptors (Lipinski definition) is 3. The molecule has 4 heteroatoms. The monoisotopic (exact) mass is 254 g/mol. The van der Waals surface area contributed by atoms with Crippen LogP contribution in [-0.2, 0) is 11.2 Å². The predicted molar refractivity (Wildman–Crippen MR) is 73.4 cm³/mol. The summed E-state index contributed by atoms with van der Waals surface area (Å²) >= 11 is 1.75. The molecule has 0 saturated heterocycles. The Morgan fingerprint density at radius 3 is 2.82 bits per heavy atom. The van der Waals surface area contributed by atoms with Crippen molar-refractivity contribution >= 4 is 17.2 Å². The van der Waals surface area contributed by atoms with Gasteiger partial charge in [0.25, 0.3) is 0 Å². The minimum atomic E-state index is -0.105. The highest BCUT2D eigenvalue weighted by atomic mass is 32.1. The fourth-order valence-corrected chi connectivity index (χ4v) is 2.09. The van der Waals surface area contributed by atoms with E-state index >= 15 is 0 Å². The molecular weight excluding hydrogens is 232 g/mol. The maximum absolute atomic E-state index is 11.6. The molecule has 1 heterocycles. The third kappa shape index (κ3) is 5.84. The number of amides is 1. The van der Waals surface area contributed by atoms with Gasteiger partial charge in [-0.2, -0.15) is 0 Å². The molecule has 0 bridgehead atoms. The van der Waals surface area contributed by atoms with Gasteiger partial charge in [-0.25, -0.2) is 0 Å². The molecule has 1 rings (SSSR count). The van der Waals surface area contributed by atoms with Crippen molar-refractivity contribution in [2.45, 2.75) is 39.2 Å². The lowest BCUT2D eigenvalue weighted by atomic mass is 10.0. The van der Waals surface area contributed by atoms with Gasteiger partial charge in [-0.1, -0.05) is 13.0 Å². The minimum absolute atomic E-state index is 0.0722. The lowest BCUT2D eigenvalue weighted by Gasteiger charge is -2.24. The van der Waals surface area contributed by atoms with Gasteiger partial charge >= 0.3 is 0 Å². The average Bonchev–Trinajstić information content (AvgIpc) is 2.77. The lowest BCUT2D eigenvalue weighted by Crippen LogP contribution is -2.46. The zero-order valence-corrected chi connectivity index (χ0v) is 11.7. The maximum Gasteiger partial charge on any atom is 0.234 e. The molecule has 2 N–H and O–H groups in total. The highest BCUT2D eigenvalue weighted by Gasteiger charge is 2.16. The molecule has 0 aliphatic carbocycles. The van der Waals surface area contributed by atoms with Gasteiger partial charge in [0.05, 0.1) is 6.54 Å². The first-order valence-electron chi connectivity index (χ1n) is 6.07. The van der Waals surface area contributed by atoms with Crippen LogP contribution < -0.4 is 10.6 Å². The van der Waals surface area contributed by atoms with Gasteiger partial charge in [-0.3, -0.25) is 4.79 Å². The van der Waals surface area contributed by atoms with E-state index in [1.165, 1.54) is 4.88 Å². The van der Waals surface area contributed by atoms with Crippen molar-refractivity contribution in [1.29, 1.82) is 0 Å². The Morgan fingerprint density at radius 2 is 2.24 bits per heavy atom. The maximum atomic E-state index is 11.6. The van der Waals surface area contributed by atoms with Gasteiger partial charge in [0.2, 0.25) is 5.91 Å². The van der Waals surface area contributed by atoms with E-state index in [1.807, 2.05) is 13.8 Å². The van der Waals surface area contributed by atoms with Crippen LogP contribution >= 0.6 is 11.3 Å². The number of carbonyl (C=O) groups is 1. The average molecular weight is 254 g/mol. The predicted octanol–water partition coefficient (Wildman–Crippen LogP) is 2.18. The van der Waals surface area contributed by atoms with Gasteiger partial charge in [0.1, 0.15) is 0 Å². The van der Waals surface area contributed by atoms with E-state index in [0.29, 0.717) is 6.54 Å². The number of hydrogen-bond donors (Lipinski definition) is 2. The van der Waals surface area contributed by atoms with Crippen molar-refractivity contribution in [2.75, 3.05) is 13.1 Å². The normalized spacial score (nSPS) is 11.5. The summed E-state index contributed by atoms with van der Waals surface area (Å²) in [4.78, 5) is 13.0. The quantitative estimate of drug-likeness (QED) is 0.732. The largest absolute Gasteiger partial charge is 0.350 e.